The number of amides is 1. The van der Waals surface area contributed by atoms with Crippen molar-refractivity contribution in [1.29, 1.82) is 0 Å². The summed E-state index contributed by atoms with van der Waals surface area (Å²) >= 11 is 6.19. The first-order valence-electron chi connectivity index (χ1n) is 8.29. The molecule has 6 heteroatoms. The average molecular weight is 383 g/mol. The van der Waals surface area contributed by atoms with Gasteiger partial charge in [-0.15, -0.1) is 0 Å². The van der Waals surface area contributed by atoms with E-state index in [2.05, 4.69) is 10.3 Å². The number of fused-ring (bicyclic) bond motifs is 1. The molecule has 3 aromatic rings. The largest absolute Gasteiger partial charge is 0.493 e. The lowest BCUT2D eigenvalue weighted by Gasteiger charge is -2.10. The number of nitrogens with one attached hydrogen (secondary N) is 1. The van der Waals surface area contributed by atoms with Gasteiger partial charge in [0.05, 0.1) is 30.4 Å². The van der Waals surface area contributed by atoms with Crippen LogP contribution in [0.25, 0.3) is 17.0 Å². The Bertz CT molecular complexity index is 1030. The van der Waals surface area contributed by atoms with Crippen molar-refractivity contribution in [3.05, 3.63) is 64.8 Å². The number of aryl methyl sites for hydroxylation is 1. The molecule has 27 heavy (non-hydrogen) atoms. The third-order valence-electron chi connectivity index (χ3n) is 4.00. The van der Waals surface area contributed by atoms with Crippen molar-refractivity contribution in [3.8, 4) is 11.5 Å². The minimum absolute atomic E-state index is 0.267. The lowest BCUT2D eigenvalue weighted by Crippen LogP contribution is -2.08. The number of aromatic nitrogens is 1. The maximum absolute atomic E-state index is 12.4. The summed E-state index contributed by atoms with van der Waals surface area (Å²) in [5, 5.41) is 4.25. The molecule has 1 amide bonds. The van der Waals surface area contributed by atoms with Gasteiger partial charge in [-0.1, -0.05) is 29.8 Å². The van der Waals surface area contributed by atoms with Crippen LogP contribution in [0.2, 0.25) is 5.02 Å². The lowest BCUT2D eigenvalue weighted by molar-refractivity contribution is -0.111. The second-order valence-electron chi connectivity index (χ2n) is 5.89. The number of hydrogen-bond acceptors (Lipinski definition) is 4. The van der Waals surface area contributed by atoms with Crippen LogP contribution in [-0.2, 0) is 4.79 Å². The molecule has 0 fully saturated rings. The molecule has 0 unspecified atom stereocenters. The minimum Gasteiger partial charge on any atom is -0.493 e. The van der Waals surface area contributed by atoms with Gasteiger partial charge in [-0.3, -0.25) is 9.78 Å². The second kappa shape index (κ2) is 8.10. The van der Waals surface area contributed by atoms with Crippen LogP contribution in [0.15, 0.2) is 48.5 Å². The molecule has 3 rings (SSSR count). The van der Waals surface area contributed by atoms with E-state index in [-0.39, 0.29) is 5.91 Å². The maximum Gasteiger partial charge on any atom is 0.248 e. The van der Waals surface area contributed by atoms with E-state index in [1.165, 1.54) is 20.3 Å². The van der Waals surface area contributed by atoms with Crippen molar-refractivity contribution in [3.63, 3.8) is 0 Å². The van der Waals surface area contributed by atoms with E-state index in [0.717, 1.165) is 22.2 Å². The number of benzene rings is 2. The van der Waals surface area contributed by atoms with Crippen molar-refractivity contribution in [1.82, 2.24) is 4.98 Å². The van der Waals surface area contributed by atoms with Crippen LogP contribution >= 0.6 is 11.6 Å². The van der Waals surface area contributed by atoms with E-state index in [1.807, 2.05) is 37.3 Å². The molecular weight excluding hydrogens is 364 g/mol. The molecule has 1 heterocycles. The number of pyridine rings is 1. The van der Waals surface area contributed by atoms with Gasteiger partial charge in [0.1, 0.15) is 0 Å². The zero-order chi connectivity index (χ0) is 19.4. The Morgan fingerprint density at radius 1 is 1.15 bits per heavy atom. The molecule has 2 aromatic carbocycles. The number of rotatable bonds is 5. The fraction of sp³-hybridized carbons (Fsp3) is 0.143. The van der Waals surface area contributed by atoms with E-state index in [4.69, 9.17) is 21.1 Å². The fourth-order valence-electron chi connectivity index (χ4n) is 2.73. The summed E-state index contributed by atoms with van der Waals surface area (Å²) in [7, 11) is 3.05. The predicted octanol–water partition coefficient (Wildman–Crippen LogP) is 4.87. The molecule has 0 aliphatic heterocycles. The van der Waals surface area contributed by atoms with E-state index < -0.39 is 0 Å². The van der Waals surface area contributed by atoms with Gasteiger partial charge in [0.2, 0.25) is 5.91 Å². The van der Waals surface area contributed by atoms with Crippen LogP contribution in [0.4, 0.5) is 5.69 Å². The van der Waals surface area contributed by atoms with Crippen molar-refractivity contribution in [2.75, 3.05) is 19.5 Å². The first-order valence-corrected chi connectivity index (χ1v) is 8.66. The number of ether oxygens (including phenoxy) is 2. The second-order valence-corrected chi connectivity index (χ2v) is 6.30. The third-order valence-corrected chi connectivity index (χ3v) is 4.28. The molecule has 0 atom stereocenters. The van der Waals surface area contributed by atoms with Gasteiger partial charge < -0.3 is 14.8 Å². The molecule has 0 spiro atoms. The first kappa shape index (κ1) is 18.7. The standard InChI is InChI=1S/C21H19ClN2O3/c1-13-7-9-15-5-4-6-17(20(15)23-13)24-19(25)10-8-14-11-16(22)21(27-3)18(12-14)26-2/h4-12H,1-3H3,(H,24,25)/b10-8+. The van der Waals surface area contributed by atoms with Crippen LogP contribution in [-0.4, -0.2) is 25.1 Å². The quantitative estimate of drug-likeness (QED) is 0.640. The Kier molecular flexibility index (Phi) is 5.62. The van der Waals surface area contributed by atoms with Crippen LogP contribution in [0.1, 0.15) is 11.3 Å². The van der Waals surface area contributed by atoms with Crippen molar-refractivity contribution in [2.24, 2.45) is 0 Å². The van der Waals surface area contributed by atoms with Gasteiger partial charge in [-0.25, -0.2) is 0 Å². The van der Waals surface area contributed by atoms with Gasteiger partial charge in [-0.2, -0.15) is 0 Å². The topological polar surface area (TPSA) is 60.5 Å². The summed E-state index contributed by atoms with van der Waals surface area (Å²) < 4.78 is 10.5. The Labute approximate surface area is 162 Å². The van der Waals surface area contributed by atoms with Crippen LogP contribution in [0.5, 0.6) is 11.5 Å². The predicted molar refractivity (Wildman–Crippen MR) is 109 cm³/mol. The summed E-state index contributed by atoms with van der Waals surface area (Å²) in [6, 6.07) is 13.0. The SMILES string of the molecule is COc1cc(/C=C/C(=O)Nc2cccc3ccc(C)nc23)cc(Cl)c1OC. The van der Waals surface area contributed by atoms with Crippen LogP contribution in [0, 0.1) is 6.92 Å². The number of carbonyl (C=O) groups is 1. The summed E-state index contributed by atoms with van der Waals surface area (Å²) in [6.07, 6.45) is 3.10. The Morgan fingerprint density at radius 2 is 1.96 bits per heavy atom. The zero-order valence-corrected chi connectivity index (χ0v) is 16.0. The van der Waals surface area contributed by atoms with Crippen LogP contribution in [0.3, 0.4) is 0 Å². The highest BCUT2D eigenvalue weighted by Gasteiger charge is 2.10. The molecule has 0 saturated heterocycles. The Hall–Kier alpha value is -3.05. The van der Waals surface area contributed by atoms with Crippen molar-refractivity contribution < 1.29 is 14.3 Å². The molecule has 1 aromatic heterocycles. The molecule has 0 radical (unpaired) electrons. The van der Waals surface area contributed by atoms with Gasteiger partial charge in [-0.05, 0) is 42.8 Å². The monoisotopic (exact) mass is 382 g/mol. The normalized spacial score (nSPS) is 11.0. The van der Waals surface area contributed by atoms with Gasteiger partial charge in [0.25, 0.3) is 0 Å². The van der Waals surface area contributed by atoms with E-state index in [9.17, 15) is 4.79 Å². The van der Waals surface area contributed by atoms with Gasteiger partial charge in [0, 0.05) is 17.2 Å². The summed E-state index contributed by atoms with van der Waals surface area (Å²) in [4.78, 5) is 16.9. The lowest BCUT2D eigenvalue weighted by atomic mass is 10.1. The molecule has 0 saturated carbocycles. The number of nitrogens with zero attached hydrogens (tertiary/aromatic N) is 1. The number of anilines is 1. The molecule has 0 bridgehead atoms. The molecule has 138 valence electrons. The van der Waals surface area contributed by atoms with E-state index >= 15 is 0 Å². The molecule has 5 nitrogen and oxygen atoms in total. The summed E-state index contributed by atoms with van der Waals surface area (Å²) in [5.74, 6) is 0.688. The number of para-hydroxylation sites is 1. The van der Waals surface area contributed by atoms with Gasteiger partial charge >= 0.3 is 0 Å². The number of hydrogen-bond donors (Lipinski definition) is 1. The third kappa shape index (κ3) is 4.20. The van der Waals surface area contributed by atoms with Crippen LogP contribution < -0.4 is 14.8 Å². The van der Waals surface area contributed by atoms with Crippen molar-refractivity contribution in [2.45, 2.75) is 6.92 Å². The fourth-order valence-corrected chi connectivity index (χ4v) is 3.02. The average Bonchev–Trinajstić information content (AvgIpc) is 2.66. The number of methoxy groups -OCH3 is 2. The first-order chi connectivity index (χ1) is 13.0. The zero-order valence-electron chi connectivity index (χ0n) is 15.2. The Balaban J connectivity index is 1.82. The molecule has 0 aliphatic carbocycles. The number of halogens is 1. The van der Waals surface area contributed by atoms with E-state index in [1.54, 1.807) is 18.2 Å². The van der Waals surface area contributed by atoms with Gasteiger partial charge in [0.15, 0.2) is 11.5 Å². The maximum atomic E-state index is 12.4. The minimum atomic E-state index is -0.267. The highest BCUT2D eigenvalue weighted by molar-refractivity contribution is 6.32. The highest BCUT2D eigenvalue weighted by atomic mass is 35.5. The summed E-state index contributed by atoms with van der Waals surface area (Å²) in [6.45, 7) is 1.92. The Morgan fingerprint density at radius 3 is 2.70 bits per heavy atom. The number of carbonyl (C=O) groups excluding carboxylic acids is 1. The molecule has 1 N–H and O–H groups in total. The summed E-state index contributed by atoms with van der Waals surface area (Å²) in [5.41, 5.74) is 3.03. The van der Waals surface area contributed by atoms with E-state index in [0.29, 0.717) is 22.2 Å². The van der Waals surface area contributed by atoms with Crippen molar-refractivity contribution >= 4 is 40.2 Å². The highest BCUT2D eigenvalue weighted by Crippen LogP contribution is 2.36. The molecular formula is C21H19ClN2O3. The smallest absolute Gasteiger partial charge is 0.248 e. The molecule has 0 aliphatic rings.